The minimum absolute atomic E-state index is 0. The van der Waals surface area contributed by atoms with E-state index in [0.717, 1.165) is 48.8 Å². The van der Waals surface area contributed by atoms with Crippen molar-refractivity contribution >= 4 is 46.9 Å². The predicted octanol–water partition coefficient (Wildman–Crippen LogP) is 3.60. The number of nitrogens with zero attached hydrogens (tertiary/aromatic N) is 4. The van der Waals surface area contributed by atoms with Gasteiger partial charge in [-0.2, -0.15) is 0 Å². The third-order valence-corrected chi connectivity index (χ3v) is 7.65. The molecule has 5 rings (SSSR count). The monoisotopic (exact) mass is 532 g/mol. The van der Waals surface area contributed by atoms with Crippen LogP contribution in [0.3, 0.4) is 0 Å². The quantitative estimate of drug-likeness (QED) is 0.454. The number of nitrogens with one attached hydrogen (secondary N) is 2. The van der Waals surface area contributed by atoms with Gasteiger partial charge in [0.1, 0.15) is 11.6 Å². The Balaban J connectivity index is 0.00000304. The van der Waals surface area contributed by atoms with Crippen molar-refractivity contribution in [2.75, 3.05) is 44.4 Å². The number of carbonyl (C=O) groups excluding carboxylic acids is 1. The summed E-state index contributed by atoms with van der Waals surface area (Å²) in [6.45, 7) is 6.35. The number of methoxy groups -OCH3 is 1. The van der Waals surface area contributed by atoms with Gasteiger partial charge >= 0.3 is 0 Å². The maximum atomic E-state index is 14.6. The summed E-state index contributed by atoms with van der Waals surface area (Å²) in [5.74, 6) is 1.78. The van der Waals surface area contributed by atoms with Crippen molar-refractivity contribution in [3.63, 3.8) is 0 Å². The number of hydrogen-bond acceptors (Lipinski definition) is 8. The lowest BCUT2D eigenvalue weighted by molar-refractivity contribution is -0.113. The van der Waals surface area contributed by atoms with Crippen molar-refractivity contribution in [3.05, 3.63) is 47.0 Å². The van der Waals surface area contributed by atoms with Gasteiger partial charge < -0.3 is 20.3 Å². The zero-order chi connectivity index (χ0) is 24.4. The minimum atomic E-state index is -0.321. The fourth-order valence-electron chi connectivity index (χ4n) is 4.69. The molecule has 11 heteroatoms. The van der Waals surface area contributed by atoms with E-state index in [1.807, 2.05) is 6.07 Å². The largest absolute Gasteiger partial charge is 0.481 e. The van der Waals surface area contributed by atoms with E-state index in [0.29, 0.717) is 52.9 Å². The van der Waals surface area contributed by atoms with Gasteiger partial charge in [0.15, 0.2) is 0 Å². The van der Waals surface area contributed by atoms with Gasteiger partial charge in [-0.1, -0.05) is 0 Å². The Morgan fingerprint density at radius 3 is 3.03 bits per heavy atom. The Hall–Kier alpha value is -2.53. The lowest BCUT2D eigenvalue weighted by Crippen LogP contribution is -2.28. The van der Waals surface area contributed by atoms with Crippen LogP contribution in [0.25, 0.3) is 11.0 Å². The molecule has 5 heterocycles. The molecule has 1 fully saturated rings. The number of aromatic nitrogens is 3. The van der Waals surface area contributed by atoms with Gasteiger partial charge in [0.25, 0.3) is 0 Å². The van der Waals surface area contributed by atoms with E-state index in [4.69, 9.17) is 4.74 Å². The number of aryl methyl sites for hydroxylation is 1. The Morgan fingerprint density at radius 2 is 2.19 bits per heavy atom. The van der Waals surface area contributed by atoms with Crippen LogP contribution in [0.1, 0.15) is 23.2 Å². The summed E-state index contributed by atoms with van der Waals surface area (Å²) in [4.78, 5) is 28.4. The van der Waals surface area contributed by atoms with Crippen molar-refractivity contribution in [2.24, 2.45) is 5.92 Å². The van der Waals surface area contributed by atoms with Crippen LogP contribution >= 0.6 is 24.2 Å². The molecule has 0 aliphatic carbocycles. The number of rotatable bonds is 8. The number of likely N-dealkylation sites (tertiary alicyclic amines) is 1. The molecule has 2 N–H and O–H groups in total. The Morgan fingerprint density at radius 1 is 1.33 bits per heavy atom. The molecule has 1 amide bonds. The SMILES string of the molecule is COc1ccc2ncc(F)c(CCN3CC[C@@H](CNCc4nc5c(cc4C)SCC(=O)N5)C3)c2n1.Cl. The van der Waals surface area contributed by atoms with Crippen LogP contribution in [-0.2, 0) is 17.8 Å². The maximum Gasteiger partial charge on any atom is 0.235 e. The van der Waals surface area contributed by atoms with E-state index >= 15 is 0 Å². The third kappa shape index (κ3) is 5.88. The van der Waals surface area contributed by atoms with E-state index in [2.05, 4.69) is 43.5 Å². The average molecular weight is 533 g/mol. The summed E-state index contributed by atoms with van der Waals surface area (Å²) >= 11 is 1.53. The molecular weight excluding hydrogens is 503 g/mol. The number of pyridine rings is 3. The van der Waals surface area contributed by atoms with E-state index in [1.54, 1.807) is 13.2 Å². The van der Waals surface area contributed by atoms with Crippen molar-refractivity contribution in [2.45, 2.75) is 31.2 Å². The molecule has 0 unspecified atom stereocenters. The van der Waals surface area contributed by atoms with E-state index in [9.17, 15) is 9.18 Å². The fourth-order valence-corrected chi connectivity index (χ4v) is 5.54. The summed E-state index contributed by atoms with van der Waals surface area (Å²) in [6.07, 6.45) is 2.96. The molecule has 1 atom stereocenters. The lowest BCUT2D eigenvalue weighted by Gasteiger charge is -2.19. The van der Waals surface area contributed by atoms with Gasteiger partial charge in [0, 0.05) is 31.3 Å². The first-order valence-corrected chi connectivity index (χ1v) is 12.8. The molecule has 36 heavy (non-hydrogen) atoms. The molecule has 3 aromatic heterocycles. The van der Waals surface area contributed by atoms with Gasteiger partial charge in [0.05, 0.1) is 40.7 Å². The van der Waals surface area contributed by atoms with Gasteiger partial charge in [-0.3, -0.25) is 9.78 Å². The molecule has 0 spiro atoms. The number of thioether (sulfide) groups is 1. The first-order chi connectivity index (χ1) is 17.0. The van der Waals surface area contributed by atoms with Gasteiger partial charge in [0.2, 0.25) is 11.8 Å². The standard InChI is InChI=1S/C25H29FN6O2S.ClH/c1-15-9-21-25(30-22(33)14-35-21)29-20(15)12-27-10-16-5-7-32(13-16)8-6-17-18(26)11-28-19-3-4-23(34-2)31-24(17)19;/h3-4,9,11,16,27H,5-8,10,12-14H2,1-2H3,(H,29,30,33);1H/t16-;/m0./s1. The van der Waals surface area contributed by atoms with Crippen molar-refractivity contribution in [1.29, 1.82) is 0 Å². The molecule has 0 bridgehead atoms. The summed E-state index contributed by atoms with van der Waals surface area (Å²) in [6, 6.07) is 5.66. The molecule has 1 saturated heterocycles. The second-order valence-electron chi connectivity index (χ2n) is 9.08. The third-order valence-electron chi connectivity index (χ3n) is 6.62. The van der Waals surface area contributed by atoms with E-state index < -0.39 is 0 Å². The molecule has 3 aromatic rings. The number of amides is 1. The highest BCUT2D eigenvalue weighted by molar-refractivity contribution is 8.00. The predicted molar refractivity (Wildman–Crippen MR) is 142 cm³/mol. The number of ether oxygens (including phenoxy) is 1. The zero-order valence-corrected chi connectivity index (χ0v) is 22.0. The van der Waals surface area contributed by atoms with Gasteiger partial charge in [-0.15, -0.1) is 24.2 Å². The second-order valence-corrected chi connectivity index (χ2v) is 10.1. The highest BCUT2D eigenvalue weighted by Gasteiger charge is 2.23. The Kier molecular flexibility index (Phi) is 8.61. The molecule has 0 saturated carbocycles. The van der Waals surface area contributed by atoms with E-state index in [-0.39, 0.29) is 24.1 Å². The highest BCUT2D eigenvalue weighted by Crippen LogP contribution is 2.31. The van der Waals surface area contributed by atoms with Crippen LogP contribution in [0, 0.1) is 18.7 Å². The van der Waals surface area contributed by atoms with Crippen LogP contribution in [0.15, 0.2) is 29.3 Å². The number of halogens is 2. The summed E-state index contributed by atoms with van der Waals surface area (Å²) in [5, 5.41) is 6.41. The second kappa shape index (κ2) is 11.7. The molecule has 2 aliphatic rings. The highest BCUT2D eigenvalue weighted by atomic mass is 35.5. The normalized spacial score (nSPS) is 17.5. The summed E-state index contributed by atoms with van der Waals surface area (Å²) in [7, 11) is 1.55. The molecule has 192 valence electrons. The molecular formula is C25H30ClFN6O2S. The zero-order valence-electron chi connectivity index (χ0n) is 20.3. The molecule has 8 nitrogen and oxygen atoms in total. The van der Waals surface area contributed by atoms with Crippen molar-refractivity contribution < 1.29 is 13.9 Å². The van der Waals surface area contributed by atoms with Crippen LogP contribution in [-0.4, -0.2) is 64.8 Å². The van der Waals surface area contributed by atoms with Gasteiger partial charge in [-0.25, -0.2) is 14.4 Å². The maximum absolute atomic E-state index is 14.6. The first-order valence-electron chi connectivity index (χ1n) is 11.8. The fraction of sp³-hybridized carbons (Fsp3) is 0.440. The Bertz CT molecular complexity index is 1260. The van der Waals surface area contributed by atoms with Crippen LogP contribution < -0.4 is 15.4 Å². The number of hydrogen-bond donors (Lipinski definition) is 2. The molecule has 0 radical (unpaired) electrons. The van der Waals surface area contributed by atoms with Crippen molar-refractivity contribution in [1.82, 2.24) is 25.2 Å². The van der Waals surface area contributed by atoms with Crippen LogP contribution in [0.4, 0.5) is 10.2 Å². The van der Waals surface area contributed by atoms with Crippen molar-refractivity contribution in [3.8, 4) is 5.88 Å². The minimum Gasteiger partial charge on any atom is -0.481 e. The van der Waals surface area contributed by atoms with Gasteiger partial charge in [-0.05, 0) is 56.5 Å². The number of fused-ring (bicyclic) bond motifs is 2. The lowest BCUT2D eigenvalue weighted by atomic mass is 10.1. The van der Waals surface area contributed by atoms with Crippen LogP contribution in [0.5, 0.6) is 5.88 Å². The number of carbonyl (C=O) groups is 1. The summed E-state index contributed by atoms with van der Waals surface area (Å²) in [5.41, 5.74) is 3.93. The first kappa shape index (κ1) is 26.5. The van der Waals surface area contributed by atoms with E-state index in [1.165, 1.54) is 18.0 Å². The average Bonchev–Trinajstić information content (AvgIpc) is 3.31. The van der Waals surface area contributed by atoms with Crippen LogP contribution in [0.2, 0.25) is 0 Å². The molecule has 2 aliphatic heterocycles. The Labute approximate surface area is 220 Å². The summed E-state index contributed by atoms with van der Waals surface area (Å²) < 4.78 is 19.8. The smallest absolute Gasteiger partial charge is 0.235 e. The topological polar surface area (TPSA) is 92.3 Å². The number of anilines is 1. The molecule has 0 aromatic carbocycles.